The zero-order valence-electron chi connectivity index (χ0n) is 11.1. The van der Waals surface area contributed by atoms with Gasteiger partial charge >= 0.3 is 5.97 Å². The maximum Gasteiger partial charge on any atom is 0.354 e. The second kappa shape index (κ2) is 7.69. The van der Waals surface area contributed by atoms with Crippen molar-refractivity contribution < 1.29 is 9.90 Å². The number of nitrogens with one attached hydrogen (secondary N) is 1. The Morgan fingerprint density at radius 1 is 1.39 bits per heavy atom. The Morgan fingerprint density at radius 3 is 2.72 bits per heavy atom. The third kappa shape index (κ3) is 5.17. The molecule has 100 valence electrons. The third-order valence-corrected chi connectivity index (χ3v) is 2.89. The Labute approximate surface area is 108 Å². The quantitative estimate of drug-likeness (QED) is 0.693. The van der Waals surface area contributed by atoms with Crippen LogP contribution >= 0.6 is 0 Å². The summed E-state index contributed by atoms with van der Waals surface area (Å²) in [6, 6.07) is 3.67. The predicted octanol–water partition coefficient (Wildman–Crippen LogP) is 3.55. The van der Waals surface area contributed by atoms with Crippen LogP contribution < -0.4 is 5.32 Å². The summed E-state index contributed by atoms with van der Waals surface area (Å²) >= 11 is 0. The van der Waals surface area contributed by atoms with Gasteiger partial charge in [-0.1, -0.05) is 32.6 Å². The van der Waals surface area contributed by atoms with Gasteiger partial charge < -0.3 is 10.4 Å². The van der Waals surface area contributed by atoms with Crippen LogP contribution in [0.3, 0.4) is 0 Å². The molecule has 18 heavy (non-hydrogen) atoms. The van der Waals surface area contributed by atoms with Gasteiger partial charge in [-0.25, -0.2) is 9.78 Å². The minimum Gasteiger partial charge on any atom is -0.477 e. The van der Waals surface area contributed by atoms with Gasteiger partial charge in [-0.15, -0.1) is 0 Å². The van der Waals surface area contributed by atoms with Gasteiger partial charge in [0.25, 0.3) is 0 Å². The minimum absolute atomic E-state index is 0.0798. The molecule has 1 aromatic heterocycles. The van der Waals surface area contributed by atoms with Crippen LogP contribution in [0.2, 0.25) is 0 Å². The summed E-state index contributed by atoms with van der Waals surface area (Å²) < 4.78 is 0. The molecule has 1 rings (SSSR count). The largest absolute Gasteiger partial charge is 0.477 e. The molecule has 1 unspecified atom stereocenters. The molecular weight excluding hydrogens is 228 g/mol. The van der Waals surface area contributed by atoms with Crippen molar-refractivity contribution in [2.24, 2.45) is 0 Å². The molecule has 0 fully saturated rings. The van der Waals surface area contributed by atoms with Crippen LogP contribution in [0.5, 0.6) is 0 Å². The molecule has 0 aliphatic rings. The Balaban J connectivity index is 2.35. The van der Waals surface area contributed by atoms with Gasteiger partial charge in [0.1, 0.15) is 5.69 Å². The van der Waals surface area contributed by atoms with E-state index in [-0.39, 0.29) is 5.69 Å². The standard InChI is InChI=1S/C14H22N2O2/c1-3-4-5-6-7-11(2)16-12-8-9-13(14(17)18)15-10-12/h8-11,16H,3-7H2,1-2H3,(H,17,18). The Morgan fingerprint density at radius 2 is 2.17 bits per heavy atom. The number of aromatic nitrogens is 1. The van der Waals surface area contributed by atoms with Gasteiger partial charge in [-0.05, 0) is 25.5 Å². The van der Waals surface area contributed by atoms with Crippen molar-refractivity contribution in [3.63, 3.8) is 0 Å². The van der Waals surface area contributed by atoms with E-state index < -0.39 is 5.97 Å². The van der Waals surface area contributed by atoms with Crippen molar-refractivity contribution in [3.05, 3.63) is 24.0 Å². The maximum atomic E-state index is 10.7. The molecule has 4 nitrogen and oxygen atoms in total. The number of nitrogens with zero attached hydrogens (tertiary/aromatic N) is 1. The molecule has 1 aromatic rings. The minimum atomic E-state index is -0.992. The number of aromatic carboxylic acids is 1. The maximum absolute atomic E-state index is 10.7. The van der Waals surface area contributed by atoms with Crippen LogP contribution in [-0.2, 0) is 0 Å². The normalized spacial score (nSPS) is 12.1. The molecule has 1 heterocycles. The van der Waals surface area contributed by atoms with E-state index in [1.54, 1.807) is 12.3 Å². The van der Waals surface area contributed by atoms with Crippen LogP contribution in [0.25, 0.3) is 0 Å². The van der Waals surface area contributed by atoms with E-state index in [0.717, 1.165) is 12.1 Å². The summed E-state index contributed by atoms with van der Waals surface area (Å²) in [6.07, 6.45) is 7.75. The highest BCUT2D eigenvalue weighted by Gasteiger charge is 2.05. The molecular formula is C14H22N2O2. The van der Waals surface area contributed by atoms with Gasteiger partial charge in [0, 0.05) is 6.04 Å². The van der Waals surface area contributed by atoms with E-state index in [9.17, 15) is 4.79 Å². The first kappa shape index (κ1) is 14.5. The molecule has 0 bridgehead atoms. The summed E-state index contributed by atoms with van der Waals surface area (Å²) in [6.45, 7) is 4.34. The summed E-state index contributed by atoms with van der Waals surface area (Å²) in [5.41, 5.74) is 0.958. The zero-order chi connectivity index (χ0) is 13.4. The molecule has 0 aromatic carbocycles. The summed E-state index contributed by atoms with van der Waals surface area (Å²) in [7, 11) is 0. The van der Waals surface area contributed by atoms with Crippen molar-refractivity contribution in [2.75, 3.05) is 5.32 Å². The Hall–Kier alpha value is -1.58. The first-order valence-electron chi connectivity index (χ1n) is 6.59. The van der Waals surface area contributed by atoms with Crippen LogP contribution in [0.4, 0.5) is 5.69 Å². The number of unbranched alkanes of at least 4 members (excludes halogenated alkanes) is 3. The lowest BCUT2D eigenvalue weighted by atomic mass is 10.1. The first-order chi connectivity index (χ1) is 8.63. The van der Waals surface area contributed by atoms with Crippen molar-refractivity contribution in [2.45, 2.75) is 52.0 Å². The number of rotatable bonds is 8. The fourth-order valence-electron chi connectivity index (χ4n) is 1.84. The lowest BCUT2D eigenvalue weighted by Crippen LogP contribution is -2.15. The van der Waals surface area contributed by atoms with E-state index in [4.69, 9.17) is 5.11 Å². The lowest BCUT2D eigenvalue weighted by Gasteiger charge is -2.14. The predicted molar refractivity (Wildman–Crippen MR) is 73.0 cm³/mol. The second-order valence-electron chi connectivity index (χ2n) is 4.63. The van der Waals surface area contributed by atoms with Gasteiger partial charge in [0.05, 0.1) is 11.9 Å². The highest BCUT2D eigenvalue weighted by Crippen LogP contribution is 2.12. The average molecular weight is 250 g/mol. The molecule has 0 saturated carbocycles. The van der Waals surface area contributed by atoms with Crippen LogP contribution in [0.15, 0.2) is 18.3 Å². The van der Waals surface area contributed by atoms with E-state index in [1.165, 1.54) is 31.7 Å². The van der Waals surface area contributed by atoms with E-state index in [1.807, 2.05) is 0 Å². The number of hydrogen-bond donors (Lipinski definition) is 2. The first-order valence-corrected chi connectivity index (χ1v) is 6.59. The van der Waals surface area contributed by atoms with Crippen molar-refractivity contribution in [3.8, 4) is 0 Å². The fourth-order valence-corrected chi connectivity index (χ4v) is 1.84. The number of pyridine rings is 1. The topological polar surface area (TPSA) is 62.2 Å². The number of anilines is 1. The second-order valence-corrected chi connectivity index (χ2v) is 4.63. The summed E-state index contributed by atoms with van der Waals surface area (Å²) in [4.78, 5) is 14.5. The molecule has 1 atom stereocenters. The van der Waals surface area contributed by atoms with Crippen LogP contribution in [0.1, 0.15) is 56.4 Å². The zero-order valence-corrected chi connectivity index (χ0v) is 11.1. The van der Waals surface area contributed by atoms with Gasteiger partial charge in [0.15, 0.2) is 0 Å². The molecule has 0 spiro atoms. The van der Waals surface area contributed by atoms with E-state index in [0.29, 0.717) is 6.04 Å². The molecule has 2 N–H and O–H groups in total. The Bertz CT molecular complexity index is 363. The molecule has 0 aliphatic carbocycles. The van der Waals surface area contributed by atoms with Crippen molar-refractivity contribution in [1.29, 1.82) is 0 Å². The van der Waals surface area contributed by atoms with Crippen LogP contribution in [0, 0.1) is 0 Å². The third-order valence-electron chi connectivity index (χ3n) is 2.89. The SMILES string of the molecule is CCCCCCC(C)Nc1ccc(C(=O)O)nc1. The lowest BCUT2D eigenvalue weighted by molar-refractivity contribution is 0.0690. The fraction of sp³-hybridized carbons (Fsp3) is 0.571. The number of hydrogen-bond acceptors (Lipinski definition) is 3. The Kier molecular flexibility index (Phi) is 6.19. The highest BCUT2D eigenvalue weighted by molar-refractivity contribution is 5.85. The van der Waals surface area contributed by atoms with Crippen molar-refractivity contribution in [1.82, 2.24) is 4.98 Å². The monoisotopic (exact) mass is 250 g/mol. The van der Waals surface area contributed by atoms with E-state index in [2.05, 4.69) is 24.1 Å². The molecule has 4 heteroatoms. The smallest absolute Gasteiger partial charge is 0.354 e. The van der Waals surface area contributed by atoms with Crippen molar-refractivity contribution >= 4 is 11.7 Å². The van der Waals surface area contributed by atoms with Crippen LogP contribution in [-0.4, -0.2) is 22.1 Å². The summed E-state index contributed by atoms with van der Waals surface area (Å²) in [5.74, 6) is -0.992. The van der Waals surface area contributed by atoms with Gasteiger partial charge in [-0.2, -0.15) is 0 Å². The molecule has 0 saturated heterocycles. The number of carboxylic acid groups (broad SMARTS) is 1. The number of carbonyl (C=O) groups is 1. The molecule has 0 amide bonds. The highest BCUT2D eigenvalue weighted by atomic mass is 16.4. The van der Waals surface area contributed by atoms with Gasteiger partial charge in [0.2, 0.25) is 0 Å². The van der Waals surface area contributed by atoms with Gasteiger partial charge in [-0.3, -0.25) is 0 Å². The van der Waals surface area contributed by atoms with E-state index >= 15 is 0 Å². The summed E-state index contributed by atoms with van der Waals surface area (Å²) in [5, 5.41) is 12.1. The average Bonchev–Trinajstić information content (AvgIpc) is 2.35. The number of carboxylic acids is 1. The molecule has 0 aliphatic heterocycles. The molecule has 0 radical (unpaired) electrons.